The van der Waals surface area contributed by atoms with Gasteiger partial charge in [-0.1, -0.05) is 6.92 Å². The molecule has 1 heteroatoms. The summed E-state index contributed by atoms with van der Waals surface area (Å²) in [5.41, 5.74) is 1.20. The van der Waals surface area contributed by atoms with Gasteiger partial charge in [0.1, 0.15) is 0 Å². The summed E-state index contributed by atoms with van der Waals surface area (Å²) in [7, 11) is 0. The van der Waals surface area contributed by atoms with E-state index < -0.39 is 0 Å². The largest absolute Gasteiger partial charge is 0.181 e. The van der Waals surface area contributed by atoms with E-state index in [2.05, 4.69) is 6.07 Å². The Morgan fingerprint density at radius 2 is 2.12 bits per heavy atom. The molecule has 0 saturated heterocycles. The van der Waals surface area contributed by atoms with E-state index in [-0.39, 0.29) is 17.1 Å². The van der Waals surface area contributed by atoms with Gasteiger partial charge in [0.25, 0.3) is 0 Å². The standard InChI is InChI=1S/C7H7.Fe/c1-7-5-3-2-4-6-7;/h2-5H,1H3;/q-1;. The van der Waals surface area contributed by atoms with Gasteiger partial charge in [-0.3, -0.25) is 0 Å². The molecular formula is C7H7Fe-. The third-order valence-corrected chi connectivity index (χ3v) is 0.865. The van der Waals surface area contributed by atoms with Crippen LogP contribution in [0.5, 0.6) is 0 Å². The second-order valence-electron chi connectivity index (χ2n) is 1.55. The molecule has 1 rings (SSSR count). The molecule has 0 radical (unpaired) electrons. The summed E-state index contributed by atoms with van der Waals surface area (Å²) >= 11 is 0. The van der Waals surface area contributed by atoms with E-state index >= 15 is 0 Å². The van der Waals surface area contributed by atoms with Crippen LogP contribution in [-0.2, 0) is 17.1 Å². The number of hydrogen-bond donors (Lipinski definition) is 0. The molecule has 8 heavy (non-hydrogen) atoms. The van der Waals surface area contributed by atoms with Crippen molar-refractivity contribution in [2.45, 2.75) is 6.92 Å². The first-order valence-electron chi connectivity index (χ1n) is 2.33. The Balaban J connectivity index is 0.000000490. The predicted molar refractivity (Wildman–Crippen MR) is 30.0 cm³/mol. The normalized spacial score (nSPS) is 7.62. The fraction of sp³-hybridized carbons (Fsp3) is 0.143. The molecule has 0 aliphatic carbocycles. The van der Waals surface area contributed by atoms with Crippen molar-refractivity contribution < 1.29 is 17.1 Å². The molecule has 0 nitrogen and oxygen atoms in total. The fourth-order valence-corrected chi connectivity index (χ4v) is 0.483. The maximum absolute atomic E-state index is 3.03. The molecule has 44 valence electrons. The number of aryl methyl sites for hydroxylation is 1. The van der Waals surface area contributed by atoms with Crippen molar-refractivity contribution in [2.75, 3.05) is 0 Å². The monoisotopic (exact) mass is 147 g/mol. The molecule has 0 N–H and O–H groups in total. The van der Waals surface area contributed by atoms with Crippen LogP contribution in [0.2, 0.25) is 0 Å². The number of benzene rings is 1. The minimum atomic E-state index is 0. The first kappa shape index (κ1) is 7.74. The average molecular weight is 147 g/mol. The smallest absolute Gasteiger partial charge is 0 e. The Morgan fingerprint density at radius 1 is 1.38 bits per heavy atom. The zero-order valence-electron chi connectivity index (χ0n) is 4.66. The van der Waals surface area contributed by atoms with E-state index in [1.54, 1.807) is 0 Å². The third kappa shape index (κ3) is 2.15. The average Bonchev–Trinajstić information content (AvgIpc) is 1.69. The van der Waals surface area contributed by atoms with Crippen molar-refractivity contribution in [1.29, 1.82) is 0 Å². The van der Waals surface area contributed by atoms with Crippen LogP contribution < -0.4 is 0 Å². The maximum atomic E-state index is 3.03. The van der Waals surface area contributed by atoms with Crippen LogP contribution in [0.1, 0.15) is 5.56 Å². The van der Waals surface area contributed by atoms with Crippen LogP contribution in [0.15, 0.2) is 24.3 Å². The van der Waals surface area contributed by atoms with Gasteiger partial charge in [-0.25, -0.2) is 0 Å². The summed E-state index contributed by atoms with van der Waals surface area (Å²) in [6, 6.07) is 10.9. The second kappa shape index (κ2) is 3.71. The molecule has 0 spiro atoms. The molecule has 0 aliphatic rings. The van der Waals surface area contributed by atoms with Crippen molar-refractivity contribution in [3.8, 4) is 0 Å². The summed E-state index contributed by atoms with van der Waals surface area (Å²) in [6.45, 7) is 2.03. The molecule has 0 aliphatic heterocycles. The van der Waals surface area contributed by atoms with E-state index in [1.807, 2.05) is 31.2 Å². The zero-order valence-corrected chi connectivity index (χ0v) is 5.77. The van der Waals surface area contributed by atoms with Crippen LogP contribution in [0.25, 0.3) is 0 Å². The van der Waals surface area contributed by atoms with Gasteiger partial charge < -0.3 is 0 Å². The van der Waals surface area contributed by atoms with Crippen molar-refractivity contribution >= 4 is 0 Å². The Kier molecular flexibility index (Phi) is 3.59. The summed E-state index contributed by atoms with van der Waals surface area (Å²) in [5.74, 6) is 0. The van der Waals surface area contributed by atoms with Crippen molar-refractivity contribution in [3.63, 3.8) is 0 Å². The summed E-state index contributed by atoms with van der Waals surface area (Å²) < 4.78 is 0. The molecule has 1 aromatic rings. The first-order chi connectivity index (χ1) is 3.39. The Morgan fingerprint density at radius 3 is 2.38 bits per heavy atom. The molecule has 1 aromatic carbocycles. The first-order valence-corrected chi connectivity index (χ1v) is 2.33. The Labute approximate surface area is 60.4 Å². The van der Waals surface area contributed by atoms with Gasteiger partial charge in [-0.2, -0.15) is 35.9 Å². The summed E-state index contributed by atoms with van der Waals surface area (Å²) in [4.78, 5) is 0. The van der Waals surface area contributed by atoms with Crippen LogP contribution >= 0.6 is 0 Å². The number of hydrogen-bond acceptors (Lipinski definition) is 0. The van der Waals surface area contributed by atoms with Crippen LogP contribution in [0, 0.1) is 13.0 Å². The van der Waals surface area contributed by atoms with Gasteiger partial charge in [0.15, 0.2) is 0 Å². The van der Waals surface area contributed by atoms with Gasteiger partial charge in [0, 0.05) is 17.1 Å². The molecule has 0 amide bonds. The van der Waals surface area contributed by atoms with E-state index in [9.17, 15) is 0 Å². The van der Waals surface area contributed by atoms with E-state index in [0.29, 0.717) is 0 Å². The second-order valence-corrected chi connectivity index (χ2v) is 1.55. The van der Waals surface area contributed by atoms with Gasteiger partial charge >= 0.3 is 0 Å². The van der Waals surface area contributed by atoms with Crippen molar-refractivity contribution in [1.82, 2.24) is 0 Å². The molecule has 0 bridgehead atoms. The zero-order chi connectivity index (χ0) is 5.11. The van der Waals surface area contributed by atoms with Crippen molar-refractivity contribution in [3.05, 3.63) is 35.9 Å². The third-order valence-electron chi connectivity index (χ3n) is 0.865. The number of rotatable bonds is 0. The summed E-state index contributed by atoms with van der Waals surface area (Å²) in [6.07, 6.45) is 0. The minimum Gasteiger partial charge on any atom is -0.181 e. The van der Waals surface area contributed by atoms with E-state index in [1.165, 1.54) is 5.56 Å². The van der Waals surface area contributed by atoms with E-state index in [4.69, 9.17) is 0 Å². The molecule has 0 unspecified atom stereocenters. The predicted octanol–water partition coefficient (Wildman–Crippen LogP) is 1.79. The van der Waals surface area contributed by atoms with Crippen molar-refractivity contribution in [2.24, 2.45) is 0 Å². The van der Waals surface area contributed by atoms with Gasteiger partial charge in [-0.05, 0) is 0 Å². The van der Waals surface area contributed by atoms with Gasteiger partial charge in [-0.15, -0.1) is 0 Å². The molecule has 0 atom stereocenters. The summed E-state index contributed by atoms with van der Waals surface area (Å²) in [5, 5.41) is 0. The molecule has 0 saturated carbocycles. The molecule has 0 heterocycles. The van der Waals surface area contributed by atoms with Gasteiger partial charge in [0.05, 0.1) is 0 Å². The SMILES string of the molecule is Cc1[c-]cccc1.[Fe]. The van der Waals surface area contributed by atoms with Gasteiger partial charge in [0.2, 0.25) is 0 Å². The van der Waals surface area contributed by atoms with Crippen LogP contribution in [0.3, 0.4) is 0 Å². The van der Waals surface area contributed by atoms with E-state index in [0.717, 1.165) is 0 Å². The minimum absolute atomic E-state index is 0. The Hall–Kier alpha value is -0.261. The molecule has 0 fully saturated rings. The maximum Gasteiger partial charge on any atom is 0 e. The fourth-order valence-electron chi connectivity index (χ4n) is 0.483. The molecular weight excluding hydrogens is 140 g/mol. The van der Waals surface area contributed by atoms with Crippen LogP contribution in [-0.4, -0.2) is 0 Å². The molecule has 0 aromatic heterocycles. The quantitative estimate of drug-likeness (QED) is 0.387. The topological polar surface area (TPSA) is 0 Å². The van der Waals surface area contributed by atoms with Crippen LogP contribution in [0.4, 0.5) is 0 Å². The Bertz CT molecular complexity index is 134.